The second-order valence-corrected chi connectivity index (χ2v) is 4.67. The molecule has 90 valence electrons. The number of carbonyl (C=O) groups excluding carboxylic acids is 1. The van der Waals surface area contributed by atoms with Crippen LogP contribution in [-0.4, -0.2) is 25.4 Å². The van der Waals surface area contributed by atoms with Gasteiger partial charge in [0.05, 0.1) is 18.7 Å². The van der Waals surface area contributed by atoms with E-state index in [2.05, 4.69) is 5.16 Å². The number of ether oxygens (including phenoxy) is 1. The highest BCUT2D eigenvalue weighted by molar-refractivity contribution is 5.93. The molecule has 3 rings (SSSR count). The molecule has 4 heteroatoms. The number of oxime groups is 1. The van der Waals surface area contributed by atoms with Crippen molar-refractivity contribution >= 4 is 11.7 Å². The van der Waals surface area contributed by atoms with Gasteiger partial charge >= 0.3 is 5.97 Å². The Morgan fingerprint density at radius 2 is 2.19 bits per heavy atom. The summed E-state index contributed by atoms with van der Waals surface area (Å²) in [6.07, 6.45) is 3.98. The molecule has 1 atom stereocenters. The smallest absolute Gasteiger partial charge is 0.306 e. The molecule has 0 heterocycles. The Balaban J connectivity index is 1.96. The molecule has 0 spiro atoms. The van der Waals surface area contributed by atoms with Gasteiger partial charge in [0.25, 0.3) is 0 Å². The second-order valence-electron chi connectivity index (χ2n) is 4.67. The fraction of sp³-hybridized carbons (Fsp3) is 0.833. The minimum Gasteiger partial charge on any atom is -0.466 e. The third kappa shape index (κ3) is 2.20. The van der Waals surface area contributed by atoms with Gasteiger partial charge in [-0.25, -0.2) is 0 Å². The van der Waals surface area contributed by atoms with Gasteiger partial charge in [-0.2, -0.15) is 0 Å². The minimum absolute atomic E-state index is 0.113. The van der Waals surface area contributed by atoms with E-state index in [9.17, 15) is 4.79 Å². The molecule has 0 N–H and O–H groups in total. The molecule has 0 saturated heterocycles. The maximum Gasteiger partial charge on any atom is 0.306 e. The summed E-state index contributed by atoms with van der Waals surface area (Å²) in [4.78, 5) is 16.3. The topological polar surface area (TPSA) is 47.9 Å². The Kier molecular flexibility index (Phi) is 3.46. The number of carbonyl (C=O) groups is 1. The van der Waals surface area contributed by atoms with Crippen LogP contribution in [0, 0.1) is 17.8 Å². The van der Waals surface area contributed by atoms with Crippen LogP contribution >= 0.6 is 0 Å². The van der Waals surface area contributed by atoms with E-state index in [0.29, 0.717) is 18.9 Å². The zero-order valence-electron chi connectivity index (χ0n) is 9.94. The van der Waals surface area contributed by atoms with Crippen molar-refractivity contribution in [2.75, 3.05) is 13.7 Å². The molecule has 0 unspecified atom stereocenters. The number of rotatable bonds is 4. The van der Waals surface area contributed by atoms with Gasteiger partial charge in [-0.1, -0.05) is 5.16 Å². The Bertz CT molecular complexity index is 295. The maximum atomic E-state index is 11.5. The van der Waals surface area contributed by atoms with Crippen LogP contribution in [0.1, 0.15) is 32.6 Å². The Hall–Kier alpha value is -1.06. The van der Waals surface area contributed by atoms with Gasteiger partial charge in [-0.3, -0.25) is 4.79 Å². The summed E-state index contributed by atoms with van der Waals surface area (Å²) >= 11 is 0. The van der Waals surface area contributed by atoms with Crippen molar-refractivity contribution in [3.8, 4) is 0 Å². The monoisotopic (exact) mass is 225 g/mol. The fourth-order valence-corrected chi connectivity index (χ4v) is 2.89. The van der Waals surface area contributed by atoms with E-state index in [0.717, 1.165) is 18.1 Å². The summed E-state index contributed by atoms with van der Waals surface area (Å²) in [7, 11) is 1.57. The molecule has 0 radical (unpaired) electrons. The Morgan fingerprint density at radius 3 is 2.81 bits per heavy atom. The van der Waals surface area contributed by atoms with Crippen LogP contribution in [0.3, 0.4) is 0 Å². The predicted molar refractivity (Wildman–Crippen MR) is 60.0 cm³/mol. The molecule has 3 aliphatic carbocycles. The Morgan fingerprint density at radius 1 is 1.44 bits per heavy atom. The van der Waals surface area contributed by atoms with Crippen molar-refractivity contribution < 1.29 is 14.4 Å². The van der Waals surface area contributed by atoms with Crippen LogP contribution in [0.5, 0.6) is 0 Å². The highest BCUT2D eigenvalue weighted by atomic mass is 16.6. The van der Waals surface area contributed by atoms with Gasteiger partial charge in [-0.15, -0.1) is 0 Å². The third-order valence-electron chi connectivity index (χ3n) is 3.61. The van der Waals surface area contributed by atoms with Crippen molar-refractivity contribution in [1.29, 1.82) is 0 Å². The summed E-state index contributed by atoms with van der Waals surface area (Å²) in [5.74, 6) is 1.48. The van der Waals surface area contributed by atoms with E-state index in [1.165, 1.54) is 12.8 Å². The zero-order valence-corrected chi connectivity index (χ0v) is 9.94. The lowest BCUT2D eigenvalue weighted by molar-refractivity contribution is -0.144. The van der Waals surface area contributed by atoms with Gasteiger partial charge in [-0.05, 0) is 32.1 Å². The van der Waals surface area contributed by atoms with Crippen molar-refractivity contribution in [3.05, 3.63) is 0 Å². The lowest BCUT2D eigenvalue weighted by Gasteiger charge is -2.45. The van der Waals surface area contributed by atoms with Crippen LogP contribution in [0.2, 0.25) is 0 Å². The van der Waals surface area contributed by atoms with Gasteiger partial charge in [0.15, 0.2) is 0 Å². The number of hydrogen-bond donors (Lipinski definition) is 0. The van der Waals surface area contributed by atoms with Crippen molar-refractivity contribution in [2.24, 2.45) is 22.9 Å². The molecule has 16 heavy (non-hydrogen) atoms. The lowest BCUT2D eigenvalue weighted by atomic mass is 9.59. The van der Waals surface area contributed by atoms with Crippen LogP contribution in [0.25, 0.3) is 0 Å². The van der Waals surface area contributed by atoms with Gasteiger partial charge < -0.3 is 9.57 Å². The summed E-state index contributed by atoms with van der Waals surface area (Å²) in [6, 6.07) is 0. The molecule has 2 bridgehead atoms. The number of esters is 1. The molecular formula is C12H19NO3. The number of hydrogen-bond acceptors (Lipinski definition) is 4. The molecule has 3 aliphatic rings. The maximum absolute atomic E-state index is 11.5. The molecule has 0 aromatic rings. The van der Waals surface area contributed by atoms with E-state index in [1.54, 1.807) is 7.11 Å². The van der Waals surface area contributed by atoms with E-state index in [-0.39, 0.29) is 11.9 Å². The molecule has 0 aromatic heterocycles. The molecule has 0 aromatic carbocycles. The summed E-state index contributed by atoms with van der Waals surface area (Å²) in [5, 5.41) is 4.11. The van der Waals surface area contributed by atoms with Crippen molar-refractivity contribution in [2.45, 2.75) is 32.6 Å². The quantitative estimate of drug-likeness (QED) is 0.543. The van der Waals surface area contributed by atoms with Crippen LogP contribution in [0.4, 0.5) is 0 Å². The highest BCUT2D eigenvalue weighted by Gasteiger charge is 2.44. The SMILES string of the molecule is CCOC(=O)C[C@H]1CC2CC(C2)C1=NOC. The number of nitrogens with zero attached hydrogens (tertiary/aromatic N) is 1. The minimum atomic E-state index is -0.113. The van der Waals surface area contributed by atoms with Crippen LogP contribution in [-0.2, 0) is 14.4 Å². The first-order chi connectivity index (χ1) is 7.74. The highest BCUT2D eigenvalue weighted by Crippen LogP contribution is 2.47. The average Bonchev–Trinajstić information content (AvgIpc) is 2.19. The van der Waals surface area contributed by atoms with Gasteiger partial charge in [0, 0.05) is 11.8 Å². The molecule has 4 nitrogen and oxygen atoms in total. The van der Waals surface area contributed by atoms with Crippen molar-refractivity contribution in [3.63, 3.8) is 0 Å². The normalized spacial score (nSPS) is 34.4. The van der Waals surface area contributed by atoms with Gasteiger partial charge in [0.1, 0.15) is 7.11 Å². The first-order valence-corrected chi connectivity index (χ1v) is 6.01. The Labute approximate surface area is 96.0 Å². The molecule has 3 saturated carbocycles. The van der Waals surface area contributed by atoms with E-state index in [4.69, 9.17) is 9.57 Å². The fourth-order valence-electron chi connectivity index (χ4n) is 2.89. The summed E-state index contributed by atoms with van der Waals surface area (Å²) < 4.78 is 4.99. The third-order valence-corrected chi connectivity index (χ3v) is 3.61. The first-order valence-electron chi connectivity index (χ1n) is 6.01. The average molecular weight is 225 g/mol. The van der Waals surface area contributed by atoms with Crippen LogP contribution in [0.15, 0.2) is 5.16 Å². The predicted octanol–water partition coefficient (Wildman–Crippen LogP) is 1.99. The van der Waals surface area contributed by atoms with Crippen LogP contribution < -0.4 is 0 Å². The summed E-state index contributed by atoms with van der Waals surface area (Å²) in [5.41, 5.74) is 1.08. The number of fused-ring (bicyclic) bond motifs is 2. The molecule has 0 amide bonds. The standard InChI is InChI=1S/C12H19NO3/c1-3-16-11(14)7-10-6-8-4-9(5-8)12(10)13-15-2/h8-10H,3-7H2,1-2H3/t8?,9?,10-/m1/s1. The van der Waals surface area contributed by atoms with Gasteiger partial charge in [0.2, 0.25) is 0 Å². The largest absolute Gasteiger partial charge is 0.466 e. The van der Waals surface area contributed by atoms with Crippen molar-refractivity contribution in [1.82, 2.24) is 0 Å². The van der Waals surface area contributed by atoms with E-state index < -0.39 is 0 Å². The van der Waals surface area contributed by atoms with E-state index >= 15 is 0 Å². The molecule has 0 aliphatic heterocycles. The lowest BCUT2D eigenvalue weighted by Crippen LogP contribution is -2.43. The second kappa shape index (κ2) is 4.85. The molecular weight excluding hydrogens is 206 g/mol. The summed E-state index contributed by atoms with van der Waals surface area (Å²) in [6.45, 7) is 2.29. The zero-order chi connectivity index (χ0) is 11.5. The first kappa shape index (κ1) is 11.4. The van der Waals surface area contributed by atoms with E-state index in [1.807, 2.05) is 6.92 Å². The molecule has 3 fully saturated rings.